The van der Waals surface area contributed by atoms with Crippen LogP contribution in [-0.2, 0) is 35.3 Å². The zero-order valence-electron chi connectivity index (χ0n) is 19.4. The number of nitrogens with one attached hydrogen (secondary N) is 1. The molecule has 0 saturated carbocycles. The van der Waals surface area contributed by atoms with Crippen molar-refractivity contribution in [3.8, 4) is 5.75 Å². The van der Waals surface area contributed by atoms with Gasteiger partial charge in [-0.2, -0.15) is 0 Å². The number of rotatable bonds is 5. The van der Waals surface area contributed by atoms with Gasteiger partial charge in [-0.25, -0.2) is 4.98 Å². The average Bonchev–Trinajstić information content (AvgIpc) is 3.52. The van der Waals surface area contributed by atoms with Crippen molar-refractivity contribution >= 4 is 11.8 Å². The van der Waals surface area contributed by atoms with Crippen molar-refractivity contribution in [2.24, 2.45) is 7.05 Å². The molecule has 9 heteroatoms. The summed E-state index contributed by atoms with van der Waals surface area (Å²) in [6.07, 6.45) is 6.04. The lowest BCUT2D eigenvalue weighted by Crippen LogP contribution is -2.54. The first-order valence-corrected chi connectivity index (χ1v) is 11.5. The number of hydrogen-bond donors (Lipinski definition) is 1. The third kappa shape index (κ3) is 4.07. The van der Waals surface area contributed by atoms with Gasteiger partial charge in [0.1, 0.15) is 22.9 Å². The predicted molar refractivity (Wildman–Crippen MR) is 124 cm³/mol. The number of ether oxygens (including phenoxy) is 2. The summed E-state index contributed by atoms with van der Waals surface area (Å²) in [7, 11) is 3.49. The Labute approximate surface area is 198 Å². The number of carbonyl (C=O) groups is 2. The molecule has 1 atom stereocenters. The van der Waals surface area contributed by atoms with Crippen LogP contribution in [0.4, 0.5) is 0 Å². The maximum absolute atomic E-state index is 13.1. The molecule has 1 fully saturated rings. The van der Waals surface area contributed by atoms with E-state index in [1.807, 2.05) is 69.9 Å². The summed E-state index contributed by atoms with van der Waals surface area (Å²) in [4.78, 5) is 32.4. The number of methoxy groups -OCH3 is 1. The van der Waals surface area contributed by atoms with Crippen LogP contribution in [0.3, 0.4) is 0 Å². The van der Waals surface area contributed by atoms with Crippen LogP contribution < -0.4 is 10.1 Å². The smallest absolute Gasteiger partial charge is 0.270 e. The second-order valence-corrected chi connectivity index (χ2v) is 8.87. The number of amides is 2. The summed E-state index contributed by atoms with van der Waals surface area (Å²) in [6, 6.07) is 11.3. The zero-order chi connectivity index (χ0) is 23.7. The molecule has 0 aliphatic carbocycles. The van der Waals surface area contributed by atoms with Crippen LogP contribution in [0.5, 0.6) is 5.75 Å². The highest BCUT2D eigenvalue weighted by Crippen LogP contribution is 2.40. The fourth-order valence-electron chi connectivity index (χ4n) is 4.88. The Kier molecular flexibility index (Phi) is 5.87. The first-order chi connectivity index (χ1) is 16.5. The van der Waals surface area contributed by atoms with Crippen LogP contribution >= 0.6 is 0 Å². The van der Waals surface area contributed by atoms with Crippen LogP contribution in [0.15, 0.2) is 55.0 Å². The van der Waals surface area contributed by atoms with Crippen molar-refractivity contribution < 1.29 is 19.1 Å². The summed E-state index contributed by atoms with van der Waals surface area (Å²) in [5.41, 5.74) is 0.927. The maximum Gasteiger partial charge on any atom is 0.270 e. The molecular weight excluding hydrogens is 434 g/mol. The fourth-order valence-corrected chi connectivity index (χ4v) is 4.88. The number of fused-ring (bicyclic) bond motifs is 2. The molecule has 5 rings (SSSR count). The van der Waals surface area contributed by atoms with Crippen molar-refractivity contribution in [2.75, 3.05) is 20.2 Å². The second kappa shape index (κ2) is 8.98. The van der Waals surface area contributed by atoms with E-state index in [1.54, 1.807) is 13.3 Å². The van der Waals surface area contributed by atoms with Crippen molar-refractivity contribution in [2.45, 2.75) is 37.6 Å². The van der Waals surface area contributed by atoms with Crippen LogP contribution in [0.1, 0.15) is 34.7 Å². The Hall–Kier alpha value is -3.59. The normalized spacial score (nSPS) is 19.0. The molecule has 178 valence electrons. The Balaban J connectivity index is 1.28. The van der Waals surface area contributed by atoms with Gasteiger partial charge in [0.15, 0.2) is 6.10 Å². The van der Waals surface area contributed by atoms with Gasteiger partial charge >= 0.3 is 0 Å². The van der Waals surface area contributed by atoms with Crippen molar-refractivity contribution in [1.82, 2.24) is 24.3 Å². The molecule has 0 unspecified atom stereocenters. The summed E-state index contributed by atoms with van der Waals surface area (Å²) in [5.74, 6) is 1.42. The summed E-state index contributed by atoms with van der Waals surface area (Å²) in [5, 5.41) is 3.00. The van der Waals surface area contributed by atoms with Gasteiger partial charge in [0.2, 0.25) is 0 Å². The van der Waals surface area contributed by atoms with E-state index in [-0.39, 0.29) is 11.8 Å². The summed E-state index contributed by atoms with van der Waals surface area (Å²) >= 11 is 0. The van der Waals surface area contributed by atoms with Crippen LogP contribution in [-0.4, -0.2) is 57.1 Å². The lowest BCUT2D eigenvalue weighted by atomic mass is 9.88. The van der Waals surface area contributed by atoms with Gasteiger partial charge < -0.3 is 28.8 Å². The van der Waals surface area contributed by atoms with Crippen molar-refractivity contribution in [3.63, 3.8) is 0 Å². The number of aryl methyl sites for hydroxylation is 1. The van der Waals surface area contributed by atoms with Gasteiger partial charge in [-0.3, -0.25) is 9.59 Å². The van der Waals surface area contributed by atoms with Gasteiger partial charge in [-0.15, -0.1) is 0 Å². The minimum Gasteiger partial charge on any atom is -0.497 e. The lowest BCUT2D eigenvalue weighted by Gasteiger charge is -2.45. The molecule has 2 amide bonds. The minimum absolute atomic E-state index is 0.00841. The quantitative estimate of drug-likeness (QED) is 0.626. The van der Waals surface area contributed by atoms with Crippen LogP contribution in [0.25, 0.3) is 0 Å². The predicted octanol–water partition coefficient (Wildman–Crippen LogP) is 2.08. The molecule has 4 heterocycles. The molecular formula is C25H29N5O4. The number of benzene rings is 1. The molecule has 3 aromatic rings. The van der Waals surface area contributed by atoms with Crippen molar-refractivity contribution in [1.29, 1.82) is 0 Å². The van der Waals surface area contributed by atoms with Crippen LogP contribution in [0, 0.1) is 0 Å². The fraction of sp³-hybridized carbons (Fsp3) is 0.400. The monoisotopic (exact) mass is 463 g/mol. The third-order valence-corrected chi connectivity index (χ3v) is 6.77. The highest BCUT2D eigenvalue weighted by Gasteiger charge is 2.47. The molecule has 1 saturated heterocycles. The van der Waals surface area contributed by atoms with E-state index in [4.69, 9.17) is 9.47 Å². The summed E-state index contributed by atoms with van der Waals surface area (Å²) in [6.45, 7) is 1.87. The second-order valence-electron chi connectivity index (χ2n) is 8.87. The molecule has 0 bridgehead atoms. The molecule has 34 heavy (non-hydrogen) atoms. The number of aromatic nitrogens is 3. The van der Waals surface area contributed by atoms with Crippen LogP contribution in [0.2, 0.25) is 0 Å². The number of hydrogen-bond acceptors (Lipinski definition) is 5. The van der Waals surface area contributed by atoms with E-state index < -0.39 is 11.7 Å². The van der Waals surface area contributed by atoms with Gasteiger partial charge in [0.05, 0.1) is 13.7 Å². The topological polar surface area (TPSA) is 90.6 Å². The van der Waals surface area contributed by atoms with E-state index in [0.29, 0.717) is 44.7 Å². The number of piperidine rings is 1. The van der Waals surface area contributed by atoms with E-state index in [1.165, 1.54) is 0 Å². The van der Waals surface area contributed by atoms with Gasteiger partial charge in [0, 0.05) is 58.1 Å². The number of imidazole rings is 1. The molecule has 1 N–H and O–H groups in total. The highest BCUT2D eigenvalue weighted by atomic mass is 16.5. The maximum atomic E-state index is 13.1. The average molecular weight is 464 g/mol. The third-order valence-electron chi connectivity index (χ3n) is 6.77. The summed E-state index contributed by atoms with van der Waals surface area (Å²) < 4.78 is 15.6. The standard InChI is InChI=1S/C25H29N5O4/c1-28-11-4-7-20(28)23(32)29-12-8-25(9-13-29)24-26-10-14-30(24)17-21(34-25)22(31)27-16-18-5-3-6-19(15-18)33-2/h3-7,10-11,14-15,21H,8-9,12-13,16-17H2,1-2H3,(H,27,31)/t21-/m0/s1. The number of likely N-dealkylation sites (tertiary alicyclic amines) is 1. The first kappa shape index (κ1) is 22.2. The lowest BCUT2D eigenvalue weighted by molar-refractivity contribution is -0.172. The molecule has 1 spiro atoms. The van der Waals surface area contributed by atoms with Gasteiger partial charge in [-0.05, 0) is 29.8 Å². The molecule has 2 aliphatic rings. The Morgan fingerprint density at radius 1 is 1.21 bits per heavy atom. The van der Waals surface area contributed by atoms with E-state index in [2.05, 4.69) is 10.3 Å². The first-order valence-electron chi connectivity index (χ1n) is 11.5. The Morgan fingerprint density at radius 3 is 2.76 bits per heavy atom. The minimum atomic E-state index is -0.690. The van der Waals surface area contributed by atoms with Gasteiger partial charge in [0.25, 0.3) is 11.8 Å². The Bertz CT molecular complexity index is 1190. The number of nitrogens with zero attached hydrogens (tertiary/aromatic N) is 4. The molecule has 2 aromatic heterocycles. The van der Waals surface area contributed by atoms with E-state index >= 15 is 0 Å². The van der Waals surface area contributed by atoms with Crippen molar-refractivity contribution in [3.05, 3.63) is 72.1 Å². The largest absolute Gasteiger partial charge is 0.497 e. The highest BCUT2D eigenvalue weighted by molar-refractivity contribution is 5.92. The zero-order valence-corrected chi connectivity index (χ0v) is 19.4. The molecule has 9 nitrogen and oxygen atoms in total. The molecule has 1 aromatic carbocycles. The van der Waals surface area contributed by atoms with E-state index in [0.717, 1.165) is 17.1 Å². The molecule has 0 radical (unpaired) electrons. The van der Waals surface area contributed by atoms with E-state index in [9.17, 15) is 9.59 Å². The SMILES string of the molecule is COc1cccc(CNC(=O)[C@@H]2Cn3ccnc3C3(CCN(C(=O)c4cccn4C)CC3)O2)c1. The van der Waals surface area contributed by atoms with Gasteiger partial charge in [-0.1, -0.05) is 12.1 Å². The Morgan fingerprint density at radius 2 is 2.03 bits per heavy atom. The molecule has 2 aliphatic heterocycles. The number of carbonyl (C=O) groups excluding carboxylic acids is 2.